The molecular formula is C15H16Br2N4O2S. The third kappa shape index (κ3) is 5.42. The minimum Gasteiger partial charge on any atom is -0.325 e. The minimum absolute atomic E-state index is 0.0640. The number of thioether (sulfide) groups is 1. The number of nitrogens with zero attached hydrogens (tertiary/aromatic N) is 2. The molecule has 0 radical (unpaired) electrons. The number of halogens is 2. The van der Waals surface area contributed by atoms with Crippen LogP contribution >= 0.6 is 43.6 Å². The number of amidine groups is 1. The van der Waals surface area contributed by atoms with E-state index in [-0.39, 0.29) is 18.2 Å². The summed E-state index contributed by atoms with van der Waals surface area (Å²) in [6.07, 6.45) is 0.859. The zero-order valence-corrected chi connectivity index (χ0v) is 17.1. The van der Waals surface area contributed by atoms with Crippen LogP contribution in [0.5, 0.6) is 0 Å². The molecule has 2 rings (SSSR count). The van der Waals surface area contributed by atoms with E-state index in [9.17, 15) is 9.59 Å². The van der Waals surface area contributed by atoms with E-state index in [0.717, 1.165) is 21.1 Å². The lowest BCUT2D eigenvalue weighted by Crippen LogP contribution is -2.28. The number of anilines is 1. The standard InChI is InChI=1S/C15H16Br2N4O2S/c1-3-8(2)20-21-15-19-14(23)12(24-15)7-13(22)18-11-5-4-9(16)6-10(11)17/h4-6,12H,3,7H2,1-2H3,(H,18,22)(H,19,21,23)/b20-8+/t12-/m1/s1. The lowest BCUT2D eigenvalue weighted by Gasteiger charge is -2.09. The van der Waals surface area contributed by atoms with E-state index in [4.69, 9.17) is 0 Å². The molecule has 2 N–H and O–H groups in total. The summed E-state index contributed by atoms with van der Waals surface area (Å²) in [4.78, 5) is 24.1. The van der Waals surface area contributed by atoms with E-state index in [2.05, 4.69) is 52.7 Å². The maximum Gasteiger partial charge on any atom is 0.240 e. The molecule has 0 aliphatic carbocycles. The van der Waals surface area contributed by atoms with Crippen molar-refractivity contribution in [3.8, 4) is 0 Å². The number of rotatable bonds is 5. The molecule has 2 amide bonds. The quantitative estimate of drug-likeness (QED) is 0.500. The van der Waals surface area contributed by atoms with E-state index < -0.39 is 5.25 Å². The predicted octanol–water partition coefficient (Wildman–Crippen LogP) is 3.91. The van der Waals surface area contributed by atoms with Gasteiger partial charge in [0.15, 0.2) is 5.17 Å². The van der Waals surface area contributed by atoms with Crippen LogP contribution in [0.3, 0.4) is 0 Å². The molecule has 0 saturated carbocycles. The average molecular weight is 476 g/mol. The van der Waals surface area contributed by atoms with E-state index in [1.807, 2.05) is 26.0 Å². The van der Waals surface area contributed by atoms with Crippen LogP contribution in [0.1, 0.15) is 26.7 Å². The maximum absolute atomic E-state index is 12.2. The highest BCUT2D eigenvalue weighted by atomic mass is 79.9. The van der Waals surface area contributed by atoms with Gasteiger partial charge in [0.05, 0.1) is 5.69 Å². The van der Waals surface area contributed by atoms with Gasteiger partial charge in [-0.05, 0) is 47.5 Å². The van der Waals surface area contributed by atoms with Crippen molar-refractivity contribution in [3.05, 3.63) is 27.1 Å². The molecule has 0 aromatic heterocycles. The second kappa shape index (κ2) is 8.77. The van der Waals surface area contributed by atoms with Crippen molar-refractivity contribution >= 4 is 72.0 Å². The van der Waals surface area contributed by atoms with Crippen LogP contribution in [0.4, 0.5) is 5.69 Å². The summed E-state index contributed by atoms with van der Waals surface area (Å²) >= 11 is 7.96. The summed E-state index contributed by atoms with van der Waals surface area (Å²) in [5, 5.41) is 13.4. The molecule has 128 valence electrons. The molecule has 0 unspecified atom stereocenters. The first-order valence-electron chi connectivity index (χ1n) is 7.22. The number of benzene rings is 1. The number of nitrogens with one attached hydrogen (secondary N) is 2. The largest absolute Gasteiger partial charge is 0.325 e. The average Bonchev–Trinajstić information content (AvgIpc) is 2.87. The highest BCUT2D eigenvalue weighted by Gasteiger charge is 2.32. The van der Waals surface area contributed by atoms with E-state index in [1.54, 1.807) is 6.07 Å². The molecule has 0 spiro atoms. The third-order valence-corrected chi connectivity index (χ3v) is 5.40. The highest BCUT2D eigenvalue weighted by Crippen LogP contribution is 2.27. The number of hydrogen-bond donors (Lipinski definition) is 2. The lowest BCUT2D eigenvalue weighted by molar-refractivity contribution is -0.122. The number of hydrogen-bond acceptors (Lipinski definition) is 5. The van der Waals surface area contributed by atoms with Gasteiger partial charge in [0, 0.05) is 21.1 Å². The summed E-state index contributed by atoms with van der Waals surface area (Å²) in [7, 11) is 0. The lowest BCUT2D eigenvalue weighted by atomic mass is 10.2. The van der Waals surface area contributed by atoms with Crippen LogP contribution in [-0.4, -0.2) is 27.9 Å². The number of carbonyl (C=O) groups is 2. The Kier molecular flexibility index (Phi) is 7.00. The zero-order valence-electron chi connectivity index (χ0n) is 13.1. The third-order valence-electron chi connectivity index (χ3n) is 3.18. The van der Waals surface area contributed by atoms with Crippen molar-refractivity contribution in [1.29, 1.82) is 0 Å². The molecule has 1 fully saturated rings. The minimum atomic E-state index is -0.505. The van der Waals surface area contributed by atoms with Gasteiger partial charge in [-0.1, -0.05) is 34.6 Å². The Morgan fingerprint density at radius 1 is 1.42 bits per heavy atom. The molecule has 1 aromatic carbocycles. The van der Waals surface area contributed by atoms with Gasteiger partial charge in [0.25, 0.3) is 0 Å². The Morgan fingerprint density at radius 3 is 2.83 bits per heavy atom. The Bertz CT molecular complexity index is 721. The molecular weight excluding hydrogens is 460 g/mol. The van der Waals surface area contributed by atoms with Gasteiger partial charge in [-0.2, -0.15) is 5.10 Å². The van der Waals surface area contributed by atoms with Crippen molar-refractivity contribution < 1.29 is 9.59 Å². The van der Waals surface area contributed by atoms with Gasteiger partial charge in [0.2, 0.25) is 11.8 Å². The molecule has 1 aromatic rings. The summed E-state index contributed by atoms with van der Waals surface area (Å²) < 4.78 is 1.67. The first-order chi connectivity index (χ1) is 11.4. The summed E-state index contributed by atoms with van der Waals surface area (Å²) in [6.45, 7) is 3.85. The molecule has 1 atom stereocenters. The SMILES string of the molecule is CC/C(C)=N/N=C1\NC(=O)[C@@H](CC(=O)Nc2ccc(Br)cc2Br)S1. The van der Waals surface area contributed by atoms with Gasteiger partial charge >= 0.3 is 0 Å². The normalized spacial score (nSPS) is 19.5. The highest BCUT2D eigenvalue weighted by molar-refractivity contribution is 9.11. The van der Waals surface area contributed by atoms with Crippen LogP contribution in [-0.2, 0) is 9.59 Å². The van der Waals surface area contributed by atoms with Gasteiger partial charge in [-0.3, -0.25) is 9.59 Å². The molecule has 24 heavy (non-hydrogen) atoms. The Balaban J connectivity index is 1.96. The molecule has 1 saturated heterocycles. The predicted molar refractivity (Wildman–Crippen MR) is 105 cm³/mol. The van der Waals surface area contributed by atoms with Crippen LogP contribution in [0, 0.1) is 0 Å². The van der Waals surface area contributed by atoms with Crippen molar-refractivity contribution in [2.24, 2.45) is 10.2 Å². The fourth-order valence-electron chi connectivity index (χ4n) is 1.75. The van der Waals surface area contributed by atoms with Gasteiger partial charge in [0.1, 0.15) is 5.25 Å². The molecule has 0 bridgehead atoms. The monoisotopic (exact) mass is 474 g/mol. The Hall–Kier alpha value is -1.19. The smallest absolute Gasteiger partial charge is 0.240 e. The van der Waals surface area contributed by atoms with Crippen LogP contribution in [0.15, 0.2) is 37.3 Å². The zero-order chi connectivity index (χ0) is 17.7. The summed E-state index contributed by atoms with van der Waals surface area (Å²) in [5.41, 5.74) is 1.53. The first-order valence-corrected chi connectivity index (χ1v) is 9.69. The summed E-state index contributed by atoms with van der Waals surface area (Å²) in [6, 6.07) is 5.45. The van der Waals surface area contributed by atoms with E-state index >= 15 is 0 Å². The molecule has 1 heterocycles. The van der Waals surface area contributed by atoms with Crippen molar-refractivity contribution in [2.45, 2.75) is 31.9 Å². The van der Waals surface area contributed by atoms with Gasteiger partial charge in [-0.15, -0.1) is 5.10 Å². The molecule has 1 aliphatic heterocycles. The van der Waals surface area contributed by atoms with Crippen molar-refractivity contribution in [2.75, 3.05) is 5.32 Å². The summed E-state index contributed by atoms with van der Waals surface area (Å²) in [5.74, 6) is -0.465. The first kappa shape index (κ1) is 19.1. The second-order valence-corrected chi connectivity index (χ2v) is 8.03. The van der Waals surface area contributed by atoms with Crippen LogP contribution < -0.4 is 10.6 Å². The Labute approximate surface area is 161 Å². The fourth-order valence-corrected chi connectivity index (χ4v) is 3.81. The van der Waals surface area contributed by atoms with Crippen LogP contribution in [0.25, 0.3) is 0 Å². The van der Waals surface area contributed by atoms with Crippen molar-refractivity contribution in [3.63, 3.8) is 0 Å². The topological polar surface area (TPSA) is 82.9 Å². The molecule has 6 nitrogen and oxygen atoms in total. The second-order valence-electron chi connectivity index (χ2n) is 5.07. The van der Waals surface area contributed by atoms with Crippen LogP contribution in [0.2, 0.25) is 0 Å². The van der Waals surface area contributed by atoms with Crippen molar-refractivity contribution in [1.82, 2.24) is 5.32 Å². The van der Waals surface area contributed by atoms with E-state index in [0.29, 0.717) is 10.9 Å². The number of amides is 2. The van der Waals surface area contributed by atoms with Gasteiger partial charge in [-0.25, -0.2) is 0 Å². The number of carbonyl (C=O) groups excluding carboxylic acids is 2. The van der Waals surface area contributed by atoms with Gasteiger partial charge < -0.3 is 10.6 Å². The molecule has 1 aliphatic rings. The molecule has 9 heteroatoms. The fraction of sp³-hybridized carbons (Fsp3) is 0.333. The van der Waals surface area contributed by atoms with E-state index in [1.165, 1.54) is 11.8 Å². The maximum atomic E-state index is 12.2. The Morgan fingerprint density at radius 2 is 2.17 bits per heavy atom.